The molecule has 0 radical (unpaired) electrons. The molecule has 136 valence electrons. The van der Waals surface area contributed by atoms with Crippen LogP contribution in [-0.4, -0.2) is 48.6 Å². The maximum atomic E-state index is 4.39. The minimum atomic E-state index is 0.559. The number of aromatic nitrogens is 1. The van der Waals surface area contributed by atoms with Gasteiger partial charge in [0.15, 0.2) is 5.96 Å². The predicted molar refractivity (Wildman–Crippen MR) is 104 cm³/mol. The summed E-state index contributed by atoms with van der Waals surface area (Å²) in [6, 6.07) is 0.559. The Morgan fingerprint density at radius 2 is 1.96 bits per heavy atom. The Kier molecular flexibility index (Phi) is 7.99. The van der Waals surface area contributed by atoms with Gasteiger partial charge in [0.05, 0.1) is 6.54 Å². The van der Waals surface area contributed by atoms with Crippen molar-refractivity contribution in [1.82, 2.24) is 20.5 Å². The van der Waals surface area contributed by atoms with E-state index >= 15 is 0 Å². The Bertz CT molecular complexity index is 503. The van der Waals surface area contributed by atoms with Gasteiger partial charge in [-0.2, -0.15) is 0 Å². The lowest BCUT2D eigenvalue weighted by atomic mass is 10.0. The topological polar surface area (TPSA) is 52.6 Å². The first kappa shape index (κ1) is 19.2. The molecule has 5 nitrogen and oxygen atoms in total. The quantitative estimate of drug-likeness (QED) is 0.611. The van der Waals surface area contributed by atoms with Crippen molar-refractivity contribution in [2.45, 2.75) is 59.0 Å². The molecule has 2 N–H and O–H groups in total. The van der Waals surface area contributed by atoms with Crippen LogP contribution in [0.3, 0.4) is 0 Å². The number of nitrogens with one attached hydrogen (secondary N) is 2. The maximum absolute atomic E-state index is 4.39. The minimum Gasteiger partial charge on any atom is -0.355 e. The molecule has 0 aliphatic carbocycles. The van der Waals surface area contributed by atoms with Crippen molar-refractivity contribution in [2.24, 2.45) is 10.9 Å². The summed E-state index contributed by atoms with van der Waals surface area (Å²) in [7, 11) is 1.83. The number of thiazole rings is 1. The van der Waals surface area contributed by atoms with Gasteiger partial charge in [-0.3, -0.25) is 9.89 Å². The van der Waals surface area contributed by atoms with Crippen molar-refractivity contribution in [3.63, 3.8) is 0 Å². The molecule has 24 heavy (non-hydrogen) atoms. The van der Waals surface area contributed by atoms with Crippen molar-refractivity contribution >= 4 is 17.3 Å². The highest BCUT2D eigenvalue weighted by Crippen LogP contribution is 2.17. The largest absolute Gasteiger partial charge is 0.355 e. The third-order valence-corrected chi connectivity index (χ3v) is 5.57. The van der Waals surface area contributed by atoms with Crippen LogP contribution in [-0.2, 0) is 6.54 Å². The maximum Gasteiger partial charge on any atom is 0.191 e. The molecule has 0 amide bonds. The number of likely N-dealkylation sites (tertiary alicyclic amines) is 1. The summed E-state index contributed by atoms with van der Waals surface area (Å²) in [5.74, 6) is 1.50. The highest BCUT2D eigenvalue weighted by molar-refractivity contribution is 7.11. The van der Waals surface area contributed by atoms with Gasteiger partial charge in [-0.25, -0.2) is 4.98 Å². The number of guanidine groups is 1. The highest BCUT2D eigenvalue weighted by Gasteiger charge is 2.22. The van der Waals surface area contributed by atoms with E-state index in [0.29, 0.717) is 12.0 Å². The van der Waals surface area contributed by atoms with E-state index in [2.05, 4.69) is 46.3 Å². The van der Waals surface area contributed by atoms with E-state index in [1.807, 2.05) is 13.2 Å². The van der Waals surface area contributed by atoms with Crippen LogP contribution >= 0.6 is 11.3 Å². The predicted octanol–water partition coefficient (Wildman–Crippen LogP) is 3.02. The number of aliphatic imine (C=N–C) groups is 1. The van der Waals surface area contributed by atoms with Gasteiger partial charge in [0, 0.05) is 30.7 Å². The molecular formula is C18H33N5S. The van der Waals surface area contributed by atoms with Crippen LogP contribution in [0.25, 0.3) is 0 Å². The second-order valence-electron chi connectivity index (χ2n) is 6.93. The zero-order chi connectivity index (χ0) is 17.4. The van der Waals surface area contributed by atoms with E-state index in [-0.39, 0.29) is 0 Å². The fourth-order valence-electron chi connectivity index (χ4n) is 3.28. The molecule has 1 aliphatic rings. The van der Waals surface area contributed by atoms with Gasteiger partial charge in [0.25, 0.3) is 0 Å². The van der Waals surface area contributed by atoms with Gasteiger partial charge < -0.3 is 10.6 Å². The monoisotopic (exact) mass is 351 g/mol. The normalized spacial score (nSPS) is 18.5. The average molecular weight is 352 g/mol. The summed E-state index contributed by atoms with van der Waals surface area (Å²) in [5, 5.41) is 8.00. The smallest absolute Gasteiger partial charge is 0.191 e. The van der Waals surface area contributed by atoms with Crippen molar-refractivity contribution in [3.8, 4) is 0 Å². The zero-order valence-corrected chi connectivity index (χ0v) is 16.5. The summed E-state index contributed by atoms with van der Waals surface area (Å²) in [6.07, 6.45) is 7.35. The fourth-order valence-corrected chi connectivity index (χ4v) is 4.00. The Labute approximate surface area is 151 Å². The molecule has 1 atom stereocenters. The summed E-state index contributed by atoms with van der Waals surface area (Å²) in [4.78, 5) is 12.7. The van der Waals surface area contributed by atoms with Gasteiger partial charge in [0.2, 0.25) is 0 Å². The third kappa shape index (κ3) is 6.06. The number of aryl methyl sites for hydroxylation is 1. The molecule has 0 saturated carbocycles. The van der Waals surface area contributed by atoms with Gasteiger partial charge in [-0.1, -0.05) is 26.7 Å². The minimum absolute atomic E-state index is 0.559. The lowest BCUT2D eigenvalue weighted by Crippen LogP contribution is -2.49. The number of hydrogen-bond donors (Lipinski definition) is 2. The first-order valence-corrected chi connectivity index (χ1v) is 10.0. The van der Waals surface area contributed by atoms with Crippen LogP contribution in [0.5, 0.6) is 0 Å². The molecule has 6 heteroatoms. The standard InChI is InChI=1S/C18H33N5S/c1-14(2)16(23-9-7-5-6-8-10-23)12-21-18(19-4)22-13-17-20-11-15(3)24-17/h11,14,16H,5-10,12-13H2,1-4H3,(H2,19,21,22). The van der Waals surface area contributed by atoms with Crippen LogP contribution in [0.15, 0.2) is 11.2 Å². The number of nitrogens with zero attached hydrogens (tertiary/aromatic N) is 3. The lowest BCUT2D eigenvalue weighted by Gasteiger charge is -2.34. The third-order valence-electron chi connectivity index (χ3n) is 4.66. The molecule has 1 unspecified atom stereocenters. The van der Waals surface area contributed by atoms with Crippen molar-refractivity contribution < 1.29 is 0 Å². The molecule has 1 saturated heterocycles. The van der Waals surface area contributed by atoms with E-state index in [9.17, 15) is 0 Å². The summed E-state index contributed by atoms with van der Waals surface area (Å²) < 4.78 is 0. The average Bonchev–Trinajstić information content (AvgIpc) is 2.81. The van der Waals surface area contributed by atoms with Crippen LogP contribution in [0.4, 0.5) is 0 Å². The van der Waals surface area contributed by atoms with E-state index in [1.54, 1.807) is 11.3 Å². The number of hydrogen-bond acceptors (Lipinski definition) is 4. The van der Waals surface area contributed by atoms with E-state index < -0.39 is 0 Å². The Morgan fingerprint density at radius 3 is 2.50 bits per heavy atom. The molecule has 0 bridgehead atoms. The Balaban J connectivity index is 1.84. The van der Waals surface area contributed by atoms with Crippen LogP contribution < -0.4 is 10.6 Å². The van der Waals surface area contributed by atoms with Gasteiger partial charge in [0.1, 0.15) is 5.01 Å². The SMILES string of the molecule is CN=C(NCc1ncc(C)s1)NCC(C(C)C)N1CCCCCC1. The molecule has 0 aromatic carbocycles. The van der Waals surface area contributed by atoms with Crippen molar-refractivity contribution in [3.05, 3.63) is 16.1 Å². The van der Waals surface area contributed by atoms with Crippen LogP contribution in [0.1, 0.15) is 49.4 Å². The first-order valence-electron chi connectivity index (χ1n) is 9.20. The molecule has 2 heterocycles. The summed E-state index contributed by atoms with van der Waals surface area (Å²) in [6.45, 7) is 10.9. The molecule has 1 aliphatic heterocycles. The molecule has 0 spiro atoms. The molecule has 1 fully saturated rings. The highest BCUT2D eigenvalue weighted by atomic mass is 32.1. The van der Waals surface area contributed by atoms with Crippen molar-refractivity contribution in [1.29, 1.82) is 0 Å². The molecule has 2 rings (SSSR count). The van der Waals surface area contributed by atoms with Gasteiger partial charge in [-0.05, 0) is 38.8 Å². The van der Waals surface area contributed by atoms with Crippen molar-refractivity contribution in [2.75, 3.05) is 26.7 Å². The van der Waals surface area contributed by atoms with Crippen LogP contribution in [0.2, 0.25) is 0 Å². The lowest BCUT2D eigenvalue weighted by molar-refractivity contribution is 0.161. The number of rotatable bonds is 6. The Morgan fingerprint density at radius 1 is 1.25 bits per heavy atom. The fraction of sp³-hybridized carbons (Fsp3) is 0.778. The van der Waals surface area contributed by atoms with E-state index in [4.69, 9.17) is 0 Å². The molecule has 1 aromatic rings. The molecular weight excluding hydrogens is 318 g/mol. The first-order chi connectivity index (χ1) is 11.6. The summed E-state index contributed by atoms with van der Waals surface area (Å²) in [5.41, 5.74) is 0. The van der Waals surface area contributed by atoms with E-state index in [0.717, 1.165) is 24.1 Å². The zero-order valence-electron chi connectivity index (χ0n) is 15.6. The second kappa shape index (κ2) is 9.99. The Hall–Kier alpha value is -1.14. The van der Waals surface area contributed by atoms with E-state index in [1.165, 1.54) is 43.6 Å². The van der Waals surface area contributed by atoms with Gasteiger partial charge >= 0.3 is 0 Å². The summed E-state index contributed by atoms with van der Waals surface area (Å²) >= 11 is 1.73. The van der Waals surface area contributed by atoms with Gasteiger partial charge in [-0.15, -0.1) is 11.3 Å². The second-order valence-corrected chi connectivity index (χ2v) is 8.25. The molecule has 1 aromatic heterocycles. The van der Waals surface area contributed by atoms with Crippen LogP contribution in [0, 0.1) is 12.8 Å².